The second-order valence-electron chi connectivity index (χ2n) is 9.13. The normalized spacial score (nSPS) is 27.4. The molecule has 182 valence electrons. The number of rotatable bonds is 9. The smallest absolute Gasteiger partial charge is 0.320 e. The van der Waals surface area contributed by atoms with Gasteiger partial charge in [0.1, 0.15) is 36.2 Å². The molecular weight excluding hydrogens is 430 g/mol. The quantitative estimate of drug-likeness (QED) is 0.329. The number of ether oxygens (including phenoxy) is 1. The van der Waals surface area contributed by atoms with Crippen LogP contribution in [0.2, 0.25) is 0 Å². The largest absolute Gasteiger partial charge is 0.480 e. The molecule has 1 saturated heterocycles. The number of carbonyl (C=O) groups is 1. The maximum atomic E-state index is 11.2. The summed E-state index contributed by atoms with van der Waals surface area (Å²) in [6, 6.07) is -0.950. The minimum Gasteiger partial charge on any atom is -0.480 e. The van der Waals surface area contributed by atoms with E-state index in [9.17, 15) is 15.0 Å². The molecule has 0 spiro atoms. The summed E-state index contributed by atoms with van der Waals surface area (Å²) in [6.45, 7) is 1.59. The van der Waals surface area contributed by atoms with Crippen LogP contribution in [-0.4, -0.2) is 89.7 Å². The summed E-state index contributed by atoms with van der Waals surface area (Å²) in [6.07, 6.45) is 5.05. The predicted molar refractivity (Wildman–Crippen MR) is 119 cm³/mol. The van der Waals surface area contributed by atoms with Crippen molar-refractivity contribution in [1.82, 2.24) is 24.4 Å². The second kappa shape index (κ2) is 10.3. The predicted octanol–water partition coefficient (Wildman–Crippen LogP) is -0.288. The van der Waals surface area contributed by atoms with Gasteiger partial charge in [0.05, 0.1) is 6.33 Å². The fourth-order valence-electron chi connectivity index (χ4n) is 4.86. The Morgan fingerprint density at radius 2 is 1.94 bits per heavy atom. The highest BCUT2D eigenvalue weighted by atomic mass is 16.6. The van der Waals surface area contributed by atoms with Gasteiger partial charge in [-0.05, 0) is 25.2 Å². The van der Waals surface area contributed by atoms with Crippen LogP contribution in [0.15, 0.2) is 12.7 Å². The summed E-state index contributed by atoms with van der Waals surface area (Å²) in [5, 5.41) is 30.7. The Balaban J connectivity index is 1.47. The summed E-state index contributed by atoms with van der Waals surface area (Å²) in [4.78, 5) is 25.6. The minimum atomic E-state index is -1.19. The van der Waals surface area contributed by atoms with Crippen LogP contribution in [0.1, 0.15) is 44.8 Å². The first kappa shape index (κ1) is 23.8. The van der Waals surface area contributed by atoms with E-state index in [2.05, 4.69) is 19.9 Å². The lowest BCUT2D eigenvalue weighted by Gasteiger charge is -2.32. The Morgan fingerprint density at radius 3 is 2.67 bits per heavy atom. The van der Waals surface area contributed by atoms with E-state index in [1.807, 2.05) is 0 Å². The zero-order valence-electron chi connectivity index (χ0n) is 18.5. The van der Waals surface area contributed by atoms with Crippen molar-refractivity contribution in [3.05, 3.63) is 12.7 Å². The lowest BCUT2D eigenvalue weighted by molar-refractivity contribution is -0.138. The average molecular weight is 464 g/mol. The van der Waals surface area contributed by atoms with Crippen molar-refractivity contribution >= 4 is 23.0 Å². The molecule has 12 heteroatoms. The average Bonchev–Trinajstić information content (AvgIpc) is 3.35. The second-order valence-corrected chi connectivity index (χ2v) is 9.13. The number of hydrogen-bond donors (Lipinski definition) is 5. The van der Waals surface area contributed by atoms with Crippen LogP contribution in [-0.2, 0) is 9.53 Å². The molecule has 1 aliphatic carbocycles. The highest BCUT2D eigenvalue weighted by Crippen LogP contribution is 2.33. The molecule has 1 saturated carbocycles. The number of aliphatic carboxylic acids is 1. The fraction of sp³-hybridized carbons (Fsp3) is 0.714. The number of hydrogen-bond acceptors (Lipinski definition) is 10. The monoisotopic (exact) mass is 463 g/mol. The number of carboxylic acid groups (broad SMARTS) is 1. The van der Waals surface area contributed by atoms with Gasteiger partial charge in [-0.2, -0.15) is 0 Å². The van der Waals surface area contributed by atoms with Gasteiger partial charge in [-0.1, -0.05) is 19.3 Å². The Labute approximate surface area is 191 Å². The Bertz CT molecular complexity index is 950. The van der Waals surface area contributed by atoms with Crippen molar-refractivity contribution in [3.63, 3.8) is 0 Å². The van der Waals surface area contributed by atoms with E-state index in [4.69, 9.17) is 21.3 Å². The van der Waals surface area contributed by atoms with Gasteiger partial charge >= 0.3 is 5.97 Å². The van der Waals surface area contributed by atoms with Crippen LogP contribution in [0, 0.1) is 5.92 Å². The van der Waals surface area contributed by atoms with Crippen molar-refractivity contribution in [2.45, 2.75) is 69.1 Å². The third-order valence-electron chi connectivity index (χ3n) is 6.75. The van der Waals surface area contributed by atoms with E-state index >= 15 is 0 Å². The summed E-state index contributed by atoms with van der Waals surface area (Å²) in [5.41, 5.74) is 12.4. The molecule has 0 aromatic carbocycles. The van der Waals surface area contributed by atoms with Crippen molar-refractivity contribution < 1.29 is 24.9 Å². The van der Waals surface area contributed by atoms with E-state index in [-0.39, 0.29) is 5.82 Å². The van der Waals surface area contributed by atoms with Crippen LogP contribution in [0.3, 0.4) is 0 Å². The lowest BCUT2D eigenvalue weighted by Crippen LogP contribution is -2.44. The zero-order chi connectivity index (χ0) is 23.5. The number of aliphatic hydroxyl groups excluding tert-OH is 2. The molecule has 5 atom stereocenters. The van der Waals surface area contributed by atoms with E-state index in [0.29, 0.717) is 36.6 Å². The third-order valence-corrected chi connectivity index (χ3v) is 6.75. The van der Waals surface area contributed by atoms with Gasteiger partial charge in [0.25, 0.3) is 0 Å². The van der Waals surface area contributed by atoms with Gasteiger partial charge in [-0.25, -0.2) is 15.0 Å². The van der Waals surface area contributed by atoms with Gasteiger partial charge in [0, 0.05) is 19.6 Å². The van der Waals surface area contributed by atoms with Crippen molar-refractivity contribution in [3.8, 4) is 0 Å². The number of nitrogens with zero attached hydrogens (tertiary/aromatic N) is 5. The first-order valence-corrected chi connectivity index (χ1v) is 11.5. The summed E-state index contributed by atoms with van der Waals surface area (Å²) in [5.74, 6) is -0.304. The van der Waals surface area contributed by atoms with Gasteiger partial charge < -0.3 is 36.4 Å². The number of nitrogens with two attached hydrogens (primary N) is 2. The van der Waals surface area contributed by atoms with E-state index in [1.165, 1.54) is 31.9 Å². The molecule has 2 aromatic heterocycles. The Hall–Kier alpha value is -2.38. The molecular formula is C21H33N7O5. The van der Waals surface area contributed by atoms with Crippen LogP contribution in [0.4, 0.5) is 5.82 Å². The molecule has 33 heavy (non-hydrogen) atoms. The van der Waals surface area contributed by atoms with Crippen molar-refractivity contribution in [1.29, 1.82) is 0 Å². The van der Waals surface area contributed by atoms with E-state index in [1.54, 1.807) is 4.57 Å². The number of anilines is 1. The number of aliphatic hydroxyl groups is 2. The first-order valence-electron chi connectivity index (χ1n) is 11.5. The fourth-order valence-corrected chi connectivity index (χ4v) is 4.86. The number of nitrogen functional groups attached to an aromatic ring is 1. The van der Waals surface area contributed by atoms with E-state index in [0.717, 1.165) is 19.4 Å². The standard InChI is InChI=1S/C21H33N7O5/c22-13(21(31)32)6-7-27(8-12-4-2-1-3-5-12)9-14-16(29)17(30)20(33-14)28-11-26-15-18(23)24-10-25-19(15)28/h10-14,16-17,20,29-30H,1-9,22H2,(H,31,32)(H2,23,24,25)/t13-,14+,16+,17+,20+/m0/s1. The molecule has 0 unspecified atom stereocenters. The molecule has 12 nitrogen and oxygen atoms in total. The molecule has 3 heterocycles. The van der Waals surface area contributed by atoms with Crippen molar-refractivity contribution in [2.24, 2.45) is 11.7 Å². The van der Waals surface area contributed by atoms with Crippen LogP contribution >= 0.6 is 0 Å². The summed E-state index contributed by atoms with van der Waals surface area (Å²) < 4.78 is 7.63. The third kappa shape index (κ3) is 5.25. The Morgan fingerprint density at radius 1 is 1.18 bits per heavy atom. The minimum absolute atomic E-state index is 0.219. The molecule has 2 fully saturated rings. The first-order chi connectivity index (χ1) is 15.8. The van der Waals surface area contributed by atoms with Gasteiger partial charge in [-0.3, -0.25) is 9.36 Å². The molecule has 2 aliphatic rings. The highest BCUT2D eigenvalue weighted by molar-refractivity contribution is 5.81. The lowest BCUT2D eigenvalue weighted by atomic mass is 9.88. The number of carboxylic acids is 1. The van der Waals surface area contributed by atoms with Crippen LogP contribution in [0.5, 0.6) is 0 Å². The molecule has 0 amide bonds. The summed E-state index contributed by atoms with van der Waals surface area (Å²) in [7, 11) is 0. The molecule has 1 aliphatic heterocycles. The zero-order valence-corrected chi connectivity index (χ0v) is 18.5. The number of imidazole rings is 1. The maximum Gasteiger partial charge on any atom is 0.320 e. The van der Waals surface area contributed by atoms with Gasteiger partial charge in [0.15, 0.2) is 17.7 Å². The topological polar surface area (TPSA) is 186 Å². The molecule has 7 N–H and O–H groups in total. The highest BCUT2D eigenvalue weighted by Gasteiger charge is 2.45. The molecule has 0 bridgehead atoms. The molecule has 2 aromatic rings. The Kier molecular flexibility index (Phi) is 7.39. The summed E-state index contributed by atoms with van der Waals surface area (Å²) >= 11 is 0. The van der Waals surface area contributed by atoms with Gasteiger partial charge in [-0.15, -0.1) is 0 Å². The van der Waals surface area contributed by atoms with E-state index < -0.39 is 36.6 Å². The number of aromatic nitrogens is 4. The van der Waals surface area contributed by atoms with Crippen LogP contribution < -0.4 is 11.5 Å². The SMILES string of the molecule is Nc1ncnc2c1ncn2[C@@H]1O[C@H](CN(CC[C@H](N)C(=O)O)CC2CCCCC2)[C@@H](O)[C@H]1O. The van der Waals surface area contributed by atoms with Crippen molar-refractivity contribution in [2.75, 3.05) is 25.4 Å². The van der Waals surface area contributed by atoms with Gasteiger partial charge in [0.2, 0.25) is 0 Å². The maximum absolute atomic E-state index is 11.2. The van der Waals surface area contributed by atoms with Crippen LogP contribution in [0.25, 0.3) is 11.2 Å². The molecule has 4 rings (SSSR count). The molecule has 0 radical (unpaired) electrons. The number of fused-ring (bicyclic) bond motifs is 1.